The molecule has 8 atom stereocenters. The maximum absolute atomic E-state index is 13.9. The minimum absolute atomic E-state index is 0.0951. The van der Waals surface area contributed by atoms with Crippen molar-refractivity contribution < 1.29 is 24.6 Å². The Morgan fingerprint density at radius 1 is 1.12 bits per heavy atom. The molecule has 0 radical (unpaired) electrons. The molecule has 2 aromatic carbocycles. The number of benzene rings is 2. The zero-order valence-electron chi connectivity index (χ0n) is 24.1. The molecule has 0 spiro atoms. The summed E-state index contributed by atoms with van der Waals surface area (Å²) in [7, 11) is 0. The molecule has 0 aromatic heterocycles. The molecule has 6 rings (SSSR count). The molecule has 3 saturated carbocycles. The Labute approximate surface area is 237 Å². The number of anilines is 1. The number of hydroxylamine groups is 2. The molecule has 1 saturated heterocycles. The summed E-state index contributed by atoms with van der Waals surface area (Å²) in [5.74, 6) is 0.770. The van der Waals surface area contributed by atoms with Gasteiger partial charge in [-0.15, -0.1) is 0 Å². The number of nitrogens with one attached hydrogen (secondary N) is 2. The zero-order chi connectivity index (χ0) is 28.8. The van der Waals surface area contributed by atoms with Gasteiger partial charge in [-0.25, -0.2) is 0 Å². The second-order valence-electron chi connectivity index (χ2n) is 12.7. The highest BCUT2D eigenvalue weighted by Gasteiger charge is 2.57. The van der Waals surface area contributed by atoms with Crippen LogP contribution in [0, 0.1) is 29.1 Å². The predicted octanol–water partition coefficient (Wildman–Crippen LogP) is 3.97. The molecule has 1 aliphatic heterocycles. The number of amides is 2. The molecule has 1 heterocycles. The van der Waals surface area contributed by atoms with Gasteiger partial charge in [0, 0.05) is 24.6 Å². The van der Waals surface area contributed by atoms with E-state index >= 15 is 0 Å². The highest BCUT2D eigenvalue weighted by Crippen LogP contribution is 2.61. The zero-order valence-corrected chi connectivity index (χ0v) is 24.1. The summed E-state index contributed by atoms with van der Waals surface area (Å²) in [6.07, 6.45) is 0.697. The Balaban J connectivity index is 1.34. The molecule has 40 heavy (non-hydrogen) atoms. The van der Waals surface area contributed by atoms with Crippen LogP contribution in [0.1, 0.15) is 53.0 Å². The van der Waals surface area contributed by atoms with E-state index in [1.165, 1.54) is 13.3 Å². The van der Waals surface area contributed by atoms with E-state index < -0.39 is 24.2 Å². The van der Waals surface area contributed by atoms with E-state index in [1.54, 1.807) is 12.0 Å². The summed E-state index contributed by atoms with van der Waals surface area (Å²) in [5.41, 5.74) is 3.99. The smallest absolute Gasteiger partial charge is 0.240 e. The number of carbonyl (C=O) groups excluding carboxylic acids is 2. The lowest BCUT2D eigenvalue weighted by molar-refractivity contribution is -0.183. The highest BCUT2D eigenvalue weighted by molar-refractivity contribution is 5.89. The highest BCUT2D eigenvalue weighted by atomic mass is 16.7. The Morgan fingerprint density at radius 2 is 1.85 bits per heavy atom. The second-order valence-corrected chi connectivity index (χ2v) is 12.7. The summed E-state index contributed by atoms with van der Waals surface area (Å²) in [5, 5.41) is 28.5. The van der Waals surface area contributed by atoms with Crippen LogP contribution < -0.4 is 10.6 Å². The third-order valence-corrected chi connectivity index (χ3v) is 9.87. The first-order valence-electron chi connectivity index (χ1n) is 14.5. The quantitative estimate of drug-likeness (QED) is 0.397. The van der Waals surface area contributed by atoms with Crippen LogP contribution >= 0.6 is 0 Å². The SMILES string of the molecule is CC(=O)Nc1ccc(-c2cccc(CN3O[C@@H](CO)[C@@H]([C@H](C)O)[C@H]3C(=O)NC3C[C@H]4C[C@@H]([C@@H]3C)C4(C)C)c2)cc1. The van der Waals surface area contributed by atoms with Crippen molar-refractivity contribution >= 4 is 17.5 Å². The molecule has 4 aliphatic rings. The van der Waals surface area contributed by atoms with Gasteiger partial charge in [-0.3, -0.25) is 14.4 Å². The topological polar surface area (TPSA) is 111 Å². The molecular weight excluding hydrogens is 506 g/mol. The van der Waals surface area contributed by atoms with Gasteiger partial charge < -0.3 is 20.8 Å². The van der Waals surface area contributed by atoms with Gasteiger partial charge in [-0.05, 0) is 77.8 Å². The van der Waals surface area contributed by atoms with Crippen molar-refractivity contribution in [3.8, 4) is 11.1 Å². The number of fused-ring (bicyclic) bond motifs is 2. The average Bonchev–Trinajstić information content (AvgIpc) is 3.28. The maximum atomic E-state index is 13.9. The Bertz CT molecular complexity index is 1230. The van der Waals surface area contributed by atoms with Gasteiger partial charge in [-0.1, -0.05) is 51.1 Å². The van der Waals surface area contributed by atoms with Crippen LogP contribution in [0.3, 0.4) is 0 Å². The molecule has 2 aromatic rings. The van der Waals surface area contributed by atoms with E-state index in [9.17, 15) is 19.8 Å². The average molecular weight is 550 g/mol. The van der Waals surface area contributed by atoms with Gasteiger partial charge in [0.15, 0.2) is 0 Å². The minimum Gasteiger partial charge on any atom is -0.394 e. The molecule has 4 N–H and O–H groups in total. The molecule has 216 valence electrons. The summed E-state index contributed by atoms with van der Waals surface area (Å²) < 4.78 is 0. The van der Waals surface area contributed by atoms with Crippen LogP contribution in [0.5, 0.6) is 0 Å². The van der Waals surface area contributed by atoms with Crippen LogP contribution in [-0.4, -0.2) is 58.0 Å². The lowest BCUT2D eigenvalue weighted by atomic mass is 9.45. The number of nitrogens with zero attached hydrogens (tertiary/aromatic N) is 1. The largest absolute Gasteiger partial charge is 0.394 e. The monoisotopic (exact) mass is 549 g/mol. The Morgan fingerprint density at radius 3 is 2.45 bits per heavy atom. The first-order valence-corrected chi connectivity index (χ1v) is 14.5. The summed E-state index contributed by atoms with van der Waals surface area (Å²) in [6.45, 7) is 10.1. The molecule has 8 nitrogen and oxygen atoms in total. The van der Waals surface area contributed by atoms with E-state index in [2.05, 4.69) is 31.4 Å². The van der Waals surface area contributed by atoms with Crippen molar-refractivity contribution in [2.24, 2.45) is 29.1 Å². The fourth-order valence-corrected chi connectivity index (χ4v) is 7.46. The summed E-state index contributed by atoms with van der Waals surface area (Å²) in [4.78, 5) is 31.3. The van der Waals surface area contributed by atoms with Crippen LogP contribution in [0.15, 0.2) is 48.5 Å². The van der Waals surface area contributed by atoms with Crippen molar-refractivity contribution in [3.05, 3.63) is 54.1 Å². The van der Waals surface area contributed by atoms with Crippen LogP contribution in [-0.2, 0) is 21.0 Å². The maximum Gasteiger partial charge on any atom is 0.240 e. The fourth-order valence-electron chi connectivity index (χ4n) is 7.46. The molecule has 3 aliphatic carbocycles. The van der Waals surface area contributed by atoms with E-state index in [0.717, 1.165) is 28.8 Å². The molecule has 8 heteroatoms. The first kappa shape index (κ1) is 28.7. The Kier molecular flexibility index (Phi) is 8.08. The van der Waals surface area contributed by atoms with Crippen molar-refractivity contribution in [2.75, 3.05) is 11.9 Å². The lowest BCUT2D eigenvalue weighted by Crippen LogP contribution is -2.62. The van der Waals surface area contributed by atoms with Crippen molar-refractivity contribution in [2.45, 2.75) is 78.3 Å². The van der Waals surface area contributed by atoms with Crippen LogP contribution in [0.2, 0.25) is 0 Å². The van der Waals surface area contributed by atoms with Crippen LogP contribution in [0.4, 0.5) is 5.69 Å². The van der Waals surface area contributed by atoms with Gasteiger partial charge in [0.05, 0.1) is 19.3 Å². The number of aliphatic hydroxyl groups is 2. The van der Waals surface area contributed by atoms with E-state index in [1.807, 2.05) is 48.5 Å². The third kappa shape index (κ3) is 5.42. The van der Waals surface area contributed by atoms with Gasteiger partial charge >= 0.3 is 0 Å². The van der Waals surface area contributed by atoms with Crippen molar-refractivity contribution in [3.63, 3.8) is 0 Å². The first-order chi connectivity index (χ1) is 19.0. The van der Waals surface area contributed by atoms with Gasteiger partial charge in [0.2, 0.25) is 11.8 Å². The second kappa shape index (κ2) is 11.2. The number of hydrogen-bond acceptors (Lipinski definition) is 6. The van der Waals surface area contributed by atoms with Gasteiger partial charge in [-0.2, -0.15) is 5.06 Å². The van der Waals surface area contributed by atoms with Crippen LogP contribution in [0.25, 0.3) is 11.1 Å². The van der Waals surface area contributed by atoms with E-state index in [-0.39, 0.29) is 24.5 Å². The summed E-state index contributed by atoms with van der Waals surface area (Å²) in [6, 6.07) is 15.0. The minimum atomic E-state index is -0.831. The summed E-state index contributed by atoms with van der Waals surface area (Å²) >= 11 is 0. The van der Waals surface area contributed by atoms with Crippen molar-refractivity contribution in [1.82, 2.24) is 10.4 Å². The lowest BCUT2D eigenvalue weighted by Gasteiger charge is -2.62. The number of hydrogen-bond donors (Lipinski definition) is 4. The Hall–Kier alpha value is -2.78. The number of rotatable bonds is 8. The third-order valence-electron chi connectivity index (χ3n) is 9.87. The normalized spacial score (nSPS) is 31.7. The predicted molar refractivity (Wildman–Crippen MR) is 154 cm³/mol. The molecule has 2 bridgehead atoms. The van der Waals surface area contributed by atoms with Crippen molar-refractivity contribution in [1.29, 1.82) is 0 Å². The van der Waals surface area contributed by atoms with E-state index in [0.29, 0.717) is 29.7 Å². The van der Waals surface area contributed by atoms with E-state index in [4.69, 9.17) is 4.84 Å². The standard InChI is InChI=1S/C32H43N3O5/c1-18-26-14-24(32(26,4)5)15-27(18)34-31(39)30-29(19(2)37)28(17-36)40-35(30)16-21-7-6-8-23(13-21)22-9-11-25(12-10-22)33-20(3)38/h6-13,18-19,24,26-30,36-37H,14-17H2,1-5H3,(H,33,38)(H,34,39)/t18-,19-,24+,26-,27?,28-,29+,30-/m0/s1. The number of aliphatic hydroxyl groups excluding tert-OH is 2. The molecule has 1 unspecified atom stereocenters. The molecule has 2 amide bonds. The number of carbonyl (C=O) groups is 2. The van der Waals surface area contributed by atoms with Gasteiger partial charge in [0.1, 0.15) is 12.1 Å². The molecular formula is C32H43N3O5. The fraction of sp³-hybridized carbons (Fsp3) is 0.562. The van der Waals surface area contributed by atoms with Gasteiger partial charge in [0.25, 0.3) is 0 Å². The molecule has 4 fully saturated rings.